The second-order valence-electron chi connectivity index (χ2n) is 9.59. The summed E-state index contributed by atoms with van der Waals surface area (Å²) in [6, 6.07) is 13.0. The number of Topliss-reactive ketones (excluding diaryl/α,β-unsaturated/α-hetero) is 1. The molecular formula is C25H27N3O4. The summed E-state index contributed by atoms with van der Waals surface area (Å²) < 4.78 is 0. The number of carbonyl (C=O) groups excluding carboxylic acids is 2. The molecule has 0 saturated carbocycles. The van der Waals surface area contributed by atoms with Crippen molar-refractivity contribution in [1.82, 2.24) is 0 Å². The van der Waals surface area contributed by atoms with Crippen molar-refractivity contribution >= 4 is 28.8 Å². The maximum Gasteiger partial charge on any atom is 0.269 e. The van der Waals surface area contributed by atoms with E-state index in [2.05, 4.69) is 19.2 Å². The third-order valence-corrected chi connectivity index (χ3v) is 6.05. The zero-order valence-corrected chi connectivity index (χ0v) is 18.7. The van der Waals surface area contributed by atoms with Crippen LogP contribution in [0.3, 0.4) is 0 Å². The van der Waals surface area contributed by atoms with Gasteiger partial charge in [-0.3, -0.25) is 24.6 Å². The number of amides is 1. The third-order valence-electron chi connectivity index (χ3n) is 6.05. The minimum absolute atomic E-state index is 0.0125. The van der Waals surface area contributed by atoms with E-state index in [1.807, 2.05) is 38.1 Å². The van der Waals surface area contributed by atoms with Gasteiger partial charge in [0.1, 0.15) is 0 Å². The van der Waals surface area contributed by atoms with Gasteiger partial charge in [0, 0.05) is 35.7 Å². The fraction of sp³-hybridized carbons (Fsp3) is 0.360. The van der Waals surface area contributed by atoms with Gasteiger partial charge in [-0.15, -0.1) is 0 Å². The van der Waals surface area contributed by atoms with E-state index in [0.717, 1.165) is 11.4 Å². The highest BCUT2D eigenvalue weighted by atomic mass is 16.6. The first-order chi connectivity index (χ1) is 15.1. The molecule has 2 aromatic carbocycles. The Balaban J connectivity index is 2.00. The first-order valence-corrected chi connectivity index (χ1v) is 10.8. The van der Waals surface area contributed by atoms with Crippen molar-refractivity contribution in [2.75, 3.05) is 10.2 Å². The number of para-hydroxylation sites is 2. The number of allylic oxidation sites excluding steroid dienone is 1. The van der Waals surface area contributed by atoms with Crippen molar-refractivity contribution in [3.63, 3.8) is 0 Å². The van der Waals surface area contributed by atoms with Crippen LogP contribution in [0.5, 0.6) is 0 Å². The monoisotopic (exact) mass is 433 g/mol. The average Bonchev–Trinajstić information content (AvgIpc) is 2.86. The van der Waals surface area contributed by atoms with E-state index in [4.69, 9.17) is 0 Å². The van der Waals surface area contributed by atoms with E-state index in [-0.39, 0.29) is 28.7 Å². The van der Waals surface area contributed by atoms with Crippen molar-refractivity contribution in [3.05, 3.63) is 75.5 Å². The van der Waals surface area contributed by atoms with E-state index in [0.29, 0.717) is 29.7 Å². The van der Waals surface area contributed by atoms with Crippen LogP contribution in [0, 0.1) is 21.4 Å². The van der Waals surface area contributed by atoms with Crippen LogP contribution < -0.4 is 10.2 Å². The van der Waals surface area contributed by atoms with Gasteiger partial charge in [-0.2, -0.15) is 0 Å². The molecule has 1 amide bonds. The van der Waals surface area contributed by atoms with E-state index in [1.54, 1.807) is 17.0 Å². The molecule has 0 radical (unpaired) electrons. The first kappa shape index (κ1) is 21.7. The number of nitrogens with one attached hydrogen (secondary N) is 1. The zero-order valence-electron chi connectivity index (χ0n) is 18.7. The summed E-state index contributed by atoms with van der Waals surface area (Å²) in [6.45, 7) is 7.78. The summed E-state index contributed by atoms with van der Waals surface area (Å²) in [4.78, 5) is 39.5. The number of hydrogen-bond donors (Lipinski definition) is 1. The molecule has 1 atom stereocenters. The molecule has 1 aliphatic carbocycles. The third kappa shape index (κ3) is 3.79. The number of anilines is 2. The lowest BCUT2D eigenvalue weighted by atomic mass is 9.73. The van der Waals surface area contributed by atoms with Gasteiger partial charge in [-0.1, -0.05) is 39.8 Å². The molecule has 0 fully saturated rings. The SMILES string of the molecule is CC(C)C(=O)N1c2ccccc2NC2=C(C(=O)CC(C)(C)C2)[C@@H]1c1ccc([N+](=O)[O-])cc1. The number of nitrogens with zero attached hydrogens (tertiary/aromatic N) is 2. The standard InChI is InChI=1S/C25H27N3O4/c1-15(2)24(30)27-20-8-6-5-7-18(20)26-19-13-25(3,4)14-21(29)22(19)23(27)16-9-11-17(12-10-16)28(31)32/h5-12,15,23,26H,13-14H2,1-4H3/t23-/m0/s1. The number of carbonyl (C=O) groups is 2. The van der Waals surface area contributed by atoms with Crippen molar-refractivity contribution in [1.29, 1.82) is 0 Å². The van der Waals surface area contributed by atoms with Crippen molar-refractivity contribution in [2.24, 2.45) is 11.3 Å². The quantitative estimate of drug-likeness (QED) is 0.517. The highest BCUT2D eigenvalue weighted by molar-refractivity contribution is 6.06. The Labute approximate surface area is 187 Å². The van der Waals surface area contributed by atoms with E-state index >= 15 is 0 Å². The van der Waals surface area contributed by atoms with Crippen LogP contribution in [0.4, 0.5) is 17.1 Å². The van der Waals surface area contributed by atoms with Crippen molar-refractivity contribution in [2.45, 2.75) is 46.6 Å². The highest BCUT2D eigenvalue weighted by Gasteiger charge is 2.43. The normalized spacial score (nSPS) is 19.7. The van der Waals surface area contributed by atoms with Crippen LogP contribution in [0.1, 0.15) is 52.1 Å². The number of rotatable bonds is 3. The second-order valence-corrected chi connectivity index (χ2v) is 9.59. The van der Waals surface area contributed by atoms with Gasteiger partial charge in [0.15, 0.2) is 5.78 Å². The molecule has 1 aliphatic heterocycles. The molecule has 1 N–H and O–H groups in total. The van der Waals surface area contributed by atoms with E-state index in [1.165, 1.54) is 12.1 Å². The topological polar surface area (TPSA) is 92.6 Å². The molecule has 7 nitrogen and oxygen atoms in total. The van der Waals surface area contributed by atoms with Gasteiger partial charge in [0.05, 0.1) is 22.3 Å². The number of fused-ring (bicyclic) bond motifs is 1. The molecule has 4 rings (SSSR count). The smallest absolute Gasteiger partial charge is 0.269 e. The molecule has 0 spiro atoms. The number of ketones is 1. The molecule has 32 heavy (non-hydrogen) atoms. The van der Waals surface area contributed by atoms with Gasteiger partial charge in [0.25, 0.3) is 5.69 Å². The van der Waals surface area contributed by atoms with Gasteiger partial charge in [-0.05, 0) is 41.7 Å². The van der Waals surface area contributed by atoms with Gasteiger partial charge < -0.3 is 5.32 Å². The van der Waals surface area contributed by atoms with Crippen LogP contribution in [-0.4, -0.2) is 16.6 Å². The summed E-state index contributed by atoms with van der Waals surface area (Å²) in [6.07, 6.45) is 1.03. The Morgan fingerprint density at radius 1 is 1.12 bits per heavy atom. The number of benzene rings is 2. The molecule has 2 aliphatic rings. The Morgan fingerprint density at radius 3 is 2.41 bits per heavy atom. The molecule has 0 aromatic heterocycles. The predicted molar refractivity (Wildman–Crippen MR) is 123 cm³/mol. The summed E-state index contributed by atoms with van der Waals surface area (Å²) in [5.74, 6) is -0.434. The van der Waals surface area contributed by atoms with Crippen molar-refractivity contribution < 1.29 is 14.5 Å². The Bertz CT molecular complexity index is 1130. The Kier molecular flexibility index (Phi) is 5.36. The fourth-order valence-corrected chi connectivity index (χ4v) is 4.60. The van der Waals surface area contributed by atoms with Crippen LogP contribution in [0.2, 0.25) is 0 Å². The lowest BCUT2D eigenvalue weighted by Gasteiger charge is -2.37. The second kappa shape index (κ2) is 7.89. The number of non-ortho nitro benzene ring substituents is 1. The molecule has 166 valence electrons. The molecule has 0 bridgehead atoms. The molecule has 7 heteroatoms. The minimum Gasteiger partial charge on any atom is -0.357 e. The average molecular weight is 434 g/mol. The van der Waals surface area contributed by atoms with Crippen LogP contribution >= 0.6 is 0 Å². The zero-order chi connectivity index (χ0) is 23.2. The molecule has 2 aromatic rings. The van der Waals surface area contributed by atoms with Crippen LogP contribution in [0.15, 0.2) is 59.8 Å². The summed E-state index contributed by atoms with van der Waals surface area (Å²) in [5, 5.41) is 14.6. The van der Waals surface area contributed by atoms with Gasteiger partial charge >= 0.3 is 0 Å². The molecular weight excluding hydrogens is 406 g/mol. The van der Waals surface area contributed by atoms with E-state index < -0.39 is 11.0 Å². The van der Waals surface area contributed by atoms with Gasteiger partial charge in [-0.25, -0.2) is 0 Å². The number of hydrogen-bond acceptors (Lipinski definition) is 5. The summed E-state index contributed by atoms with van der Waals surface area (Å²) >= 11 is 0. The maximum absolute atomic E-state index is 13.5. The Morgan fingerprint density at radius 2 is 1.78 bits per heavy atom. The lowest BCUT2D eigenvalue weighted by molar-refractivity contribution is -0.384. The van der Waals surface area contributed by atoms with Crippen LogP contribution in [0.25, 0.3) is 0 Å². The van der Waals surface area contributed by atoms with Crippen molar-refractivity contribution in [3.8, 4) is 0 Å². The lowest BCUT2D eigenvalue weighted by Crippen LogP contribution is -2.41. The number of nitro groups is 1. The summed E-state index contributed by atoms with van der Waals surface area (Å²) in [5.41, 5.74) is 3.24. The maximum atomic E-state index is 13.5. The molecule has 0 saturated heterocycles. The van der Waals surface area contributed by atoms with Gasteiger partial charge in [0.2, 0.25) is 5.91 Å². The van der Waals surface area contributed by atoms with Crippen LogP contribution in [-0.2, 0) is 9.59 Å². The largest absolute Gasteiger partial charge is 0.357 e. The van der Waals surface area contributed by atoms with E-state index in [9.17, 15) is 19.7 Å². The molecule has 0 unspecified atom stereocenters. The minimum atomic E-state index is -0.666. The Hall–Kier alpha value is -3.48. The highest BCUT2D eigenvalue weighted by Crippen LogP contribution is 2.48. The molecule has 1 heterocycles. The first-order valence-electron chi connectivity index (χ1n) is 10.8. The predicted octanol–water partition coefficient (Wildman–Crippen LogP) is 5.39. The number of nitro benzene ring substituents is 1. The summed E-state index contributed by atoms with van der Waals surface area (Å²) in [7, 11) is 0. The fourth-order valence-electron chi connectivity index (χ4n) is 4.60.